The van der Waals surface area contributed by atoms with Gasteiger partial charge in [0.2, 0.25) is 0 Å². The maximum Gasteiger partial charge on any atom is 0.255 e. The molecule has 2 amide bonds. The summed E-state index contributed by atoms with van der Waals surface area (Å²) in [5.41, 5.74) is 1.76. The van der Waals surface area contributed by atoms with Crippen molar-refractivity contribution in [2.24, 2.45) is 0 Å². The van der Waals surface area contributed by atoms with E-state index in [9.17, 15) is 9.59 Å². The third-order valence-electron chi connectivity index (χ3n) is 3.82. The molecule has 3 rings (SSSR count). The van der Waals surface area contributed by atoms with Crippen LogP contribution in [0.2, 0.25) is 0 Å². The molecule has 6 heteroatoms. The van der Waals surface area contributed by atoms with Crippen molar-refractivity contribution >= 4 is 11.8 Å². The molecule has 6 nitrogen and oxygen atoms in total. The first-order valence-corrected chi connectivity index (χ1v) is 7.65. The van der Waals surface area contributed by atoms with Crippen molar-refractivity contribution in [3.8, 4) is 0 Å². The van der Waals surface area contributed by atoms with Crippen molar-refractivity contribution < 1.29 is 9.59 Å². The third kappa shape index (κ3) is 3.71. The van der Waals surface area contributed by atoms with Gasteiger partial charge < -0.3 is 10.2 Å². The second-order valence-corrected chi connectivity index (χ2v) is 5.51. The van der Waals surface area contributed by atoms with Crippen LogP contribution in [0.5, 0.6) is 0 Å². The Morgan fingerprint density at radius 2 is 1.87 bits per heavy atom. The molecule has 118 valence electrons. The van der Waals surface area contributed by atoms with Crippen LogP contribution in [-0.2, 0) is 6.54 Å². The van der Waals surface area contributed by atoms with Crippen molar-refractivity contribution in [1.29, 1.82) is 0 Å². The number of carbonyl (C=O) groups is 2. The van der Waals surface area contributed by atoms with Gasteiger partial charge in [-0.3, -0.25) is 19.6 Å². The maximum atomic E-state index is 12.3. The quantitative estimate of drug-likeness (QED) is 0.931. The standard InChI is InChI=1S/C17H18N4O2/c22-16(20-10-13-4-3-5-18-9-13)14-8-15(12-19-11-14)17(23)21-6-1-2-7-21/h3-5,8-9,11-12H,1-2,6-7,10H2,(H,20,22). The third-order valence-corrected chi connectivity index (χ3v) is 3.82. The Kier molecular flexibility index (Phi) is 4.61. The van der Waals surface area contributed by atoms with Crippen LogP contribution in [0.25, 0.3) is 0 Å². The summed E-state index contributed by atoms with van der Waals surface area (Å²) in [6.45, 7) is 1.93. The van der Waals surface area contributed by atoms with E-state index in [1.54, 1.807) is 23.4 Å². The van der Waals surface area contributed by atoms with E-state index < -0.39 is 0 Å². The predicted octanol–water partition coefficient (Wildman–Crippen LogP) is 1.64. The highest BCUT2D eigenvalue weighted by Gasteiger charge is 2.20. The van der Waals surface area contributed by atoms with Gasteiger partial charge in [0, 0.05) is 44.4 Å². The lowest BCUT2D eigenvalue weighted by Crippen LogP contribution is -2.28. The van der Waals surface area contributed by atoms with Crippen molar-refractivity contribution in [3.63, 3.8) is 0 Å². The van der Waals surface area contributed by atoms with Crippen LogP contribution in [0.15, 0.2) is 43.0 Å². The first-order valence-electron chi connectivity index (χ1n) is 7.65. The van der Waals surface area contributed by atoms with Crippen LogP contribution in [0.4, 0.5) is 0 Å². The van der Waals surface area contributed by atoms with Crippen molar-refractivity contribution in [1.82, 2.24) is 20.2 Å². The molecule has 2 aromatic rings. The molecule has 23 heavy (non-hydrogen) atoms. The van der Waals surface area contributed by atoms with Gasteiger partial charge in [-0.05, 0) is 30.5 Å². The number of rotatable bonds is 4. The number of amides is 2. The van der Waals surface area contributed by atoms with Gasteiger partial charge in [-0.2, -0.15) is 0 Å². The SMILES string of the molecule is O=C(NCc1cccnc1)c1cncc(C(=O)N2CCCC2)c1. The predicted molar refractivity (Wildman–Crippen MR) is 84.8 cm³/mol. The maximum absolute atomic E-state index is 12.3. The van der Waals surface area contributed by atoms with E-state index in [0.717, 1.165) is 31.5 Å². The molecule has 0 aromatic carbocycles. The molecular formula is C17H18N4O2. The molecule has 0 spiro atoms. The summed E-state index contributed by atoms with van der Waals surface area (Å²) < 4.78 is 0. The lowest BCUT2D eigenvalue weighted by Gasteiger charge is -2.15. The molecule has 0 bridgehead atoms. The van der Waals surface area contributed by atoms with Crippen LogP contribution < -0.4 is 5.32 Å². The van der Waals surface area contributed by atoms with Crippen molar-refractivity contribution in [3.05, 3.63) is 59.7 Å². The Balaban J connectivity index is 1.66. The molecule has 2 aromatic heterocycles. The van der Waals surface area contributed by atoms with Gasteiger partial charge in [0.05, 0.1) is 11.1 Å². The van der Waals surface area contributed by atoms with Gasteiger partial charge in [-0.25, -0.2) is 0 Å². The molecule has 0 radical (unpaired) electrons. The van der Waals surface area contributed by atoms with E-state index in [-0.39, 0.29) is 11.8 Å². The lowest BCUT2D eigenvalue weighted by atomic mass is 10.1. The van der Waals surface area contributed by atoms with Gasteiger partial charge in [0.25, 0.3) is 11.8 Å². The number of pyridine rings is 2. The fraction of sp³-hybridized carbons (Fsp3) is 0.294. The first kappa shape index (κ1) is 15.1. The van der Waals surface area contributed by atoms with E-state index in [0.29, 0.717) is 17.7 Å². The summed E-state index contributed by atoms with van der Waals surface area (Å²) >= 11 is 0. The van der Waals surface area contributed by atoms with Gasteiger partial charge in [-0.1, -0.05) is 6.07 Å². The number of likely N-dealkylation sites (tertiary alicyclic amines) is 1. The molecule has 0 saturated carbocycles. The smallest absolute Gasteiger partial charge is 0.255 e. The van der Waals surface area contributed by atoms with E-state index in [2.05, 4.69) is 15.3 Å². The molecule has 0 aliphatic carbocycles. The minimum absolute atomic E-state index is 0.0584. The molecule has 1 saturated heterocycles. The van der Waals surface area contributed by atoms with E-state index in [4.69, 9.17) is 0 Å². The summed E-state index contributed by atoms with van der Waals surface area (Å²) in [6, 6.07) is 5.31. The monoisotopic (exact) mass is 310 g/mol. The van der Waals surface area contributed by atoms with Crippen LogP contribution >= 0.6 is 0 Å². The topological polar surface area (TPSA) is 75.2 Å². The number of nitrogens with one attached hydrogen (secondary N) is 1. The molecule has 1 N–H and O–H groups in total. The largest absolute Gasteiger partial charge is 0.348 e. The zero-order valence-electron chi connectivity index (χ0n) is 12.7. The van der Waals surface area contributed by atoms with Crippen LogP contribution in [0, 0.1) is 0 Å². The molecule has 0 unspecified atom stereocenters. The van der Waals surface area contributed by atoms with Crippen LogP contribution in [0.3, 0.4) is 0 Å². The molecule has 1 fully saturated rings. The highest BCUT2D eigenvalue weighted by Crippen LogP contribution is 2.13. The first-order chi connectivity index (χ1) is 11.2. The second-order valence-electron chi connectivity index (χ2n) is 5.51. The molecule has 0 atom stereocenters. The fourth-order valence-electron chi connectivity index (χ4n) is 2.57. The second kappa shape index (κ2) is 7.00. The Bertz CT molecular complexity index is 697. The highest BCUT2D eigenvalue weighted by molar-refractivity contribution is 5.99. The number of aromatic nitrogens is 2. The van der Waals surface area contributed by atoms with E-state index >= 15 is 0 Å². The van der Waals surface area contributed by atoms with Gasteiger partial charge >= 0.3 is 0 Å². The number of hydrogen-bond donors (Lipinski definition) is 1. The Hall–Kier alpha value is -2.76. The summed E-state index contributed by atoms with van der Waals surface area (Å²) in [5, 5.41) is 2.81. The Labute approximate surface area is 134 Å². The minimum atomic E-state index is -0.252. The molecule has 1 aliphatic heterocycles. The molecular weight excluding hydrogens is 292 g/mol. The number of nitrogens with zero attached hydrogens (tertiary/aromatic N) is 3. The van der Waals surface area contributed by atoms with Gasteiger partial charge in [0.15, 0.2) is 0 Å². The average Bonchev–Trinajstić information content (AvgIpc) is 3.14. The summed E-state index contributed by atoms with van der Waals surface area (Å²) in [5.74, 6) is -0.311. The summed E-state index contributed by atoms with van der Waals surface area (Å²) in [6.07, 6.45) is 8.43. The Morgan fingerprint density at radius 1 is 1.09 bits per heavy atom. The normalized spacial score (nSPS) is 13.8. The zero-order chi connectivity index (χ0) is 16.1. The van der Waals surface area contributed by atoms with Crippen LogP contribution in [0.1, 0.15) is 39.1 Å². The average molecular weight is 310 g/mol. The lowest BCUT2D eigenvalue weighted by molar-refractivity contribution is 0.0792. The molecule has 1 aliphatic rings. The van der Waals surface area contributed by atoms with Crippen molar-refractivity contribution in [2.75, 3.05) is 13.1 Å². The van der Waals surface area contributed by atoms with E-state index in [1.807, 2.05) is 12.1 Å². The minimum Gasteiger partial charge on any atom is -0.348 e. The van der Waals surface area contributed by atoms with E-state index in [1.165, 1.54) is 12.4 Å². The number of carbonyl (C=O) groups excluding carboxylic acids is 2. The number of hydrogen-bond acceptors (Lipinski definition) is 4. The Morgan fingerprint density at radius 3 is 2.61 bits per heavy atom. The zero-order valence-corrected chi connectivity index (χ0v) is 12.7. The van der Waals surface area contributed by atoms with Crippen LogP contribution in [-0.4, -0.2) is 39.8 Å². The van der Waals surface area contributed by atoms with Crippen molar-refractivity contribution in [2.45, 2.75) is 19.4 Å². The summed E-state index contributed by atoms with van der Waals surface area (Å²) in [7, 11) is 0. The van der Waals surface area contributed by atoms with Gasteiger partial charge in [0.1, 0.15) is 0 Å². The van der Waals surface area contributed by atoms with Gasteiger partial charge in [-0.15, -0.1) is 0 Å². The summed E-state index contributed by atoms with van der Waals surface area (Å²) in [4.78, 5) is 34.4. The highest BCUT2D eigenvalue weighted by atomic mass is 16.2. The fourth-order valence-corrected chi connectivity index (χ4v) is 2.57. The molecule has 3 heterocycles.